The molecule has 0 fully saturated rings. The minimum Gasteiger partial charge on any atom is -0.457 e. The van der Waals surface area contributed by atoms with Crippen LogP contribution in [0.1, 0.15) is 0 Å². The van der Waals surface area contributed by atoms with Gasteiger partial charge in [0.2, 0.25) is 0 Å². The number of thioether (sulfide) groups is 1. The average Bonchev–Trinajstić information content (AvgIpc) is 2.06. The second kappa shape index (κ2) is 4.83. The molecule has 0 aliphatic heterocycles. The number of carbonyl (C=O) groups excluding carboxylic acids is 1. The monoisotopic (exact) mass is 181 g/mol. The smallest absolute Gasteiger partial charge is 0.372 e. The van der Waals surface area contributed by atoms with Crippen molar-refractivity contribution in [1.29, 1.82) is 0 Å². The van der Waals surface area contributed by atoms with Gasteiger partial charge in [0.25, 0.3) is 0 Å². The Labute approximate surface area is 75.9 Å². The van der Waals surface area contributed by atoms with E-state index in [1.165, 1.54) is 0 Å². The van der Waals surface area contributed by atoms with E-state index >= 15 is 0 Å². The van der Waals surface area contributed by atoms with Gasteiger partial charge in [-0.1, -0.05) is 18.2 Å². The van der Waals surface area contributed by atoms with Crippen molar-refractivity contribution < 1.29 is 9.53 Å². The van der Waals surface area contributed by atoms with Crippen molar-refractivity contribution in [3.05, 3.63) is 37.3 Å². The van der Waals surface area contributed by atoms with Crippen molar-refractivity contribution in [3.63, 3.8) is 0 Å². The van der Waals surface area contributed by atoms with Crippen LogP contribution in [0.15, 0.2) is 35.2 Å². The highest BCUT2D eigenvalue weighted by Crippen LogP contribution is 2.18. The Morgan fingerprint density at radius 3 is 2.67 bits per heavy atom. The van der Waals surface area contributed by atoms with Gasteiger partial charge in [-0.2, -0.15) is 0 Å². The highest BCUT2D eigenvalue weighted by molar-refractivity contribution is 8.13. The topological polar surface area (TPSA) is 26.3 Å². The van der Waals surface area contributed by atoms with Gasteiger partial charge in [-0.15, -0.1) is 0 Å². The molecule has 1 aromatic carbocycles. The maximum absolute atomic E-state index is 10.9. The fourth-order valence-corrected chi connectivity index (χ4v) is 1.33. The summed E-state index contributed by atoms with van der Waals surface area (Å²) in [6, 6.07) is 9.36. The molecule has 0 atom stereocenters. The van der Waals surface area contributed by atoms with Crippen LogP contribution in [0.5, 0.6) is 0 Å². The fraction of sp³-hybridized carbons (Fsp3) is 0.111. The van der Waals surface area contributed by atoms with E-state index in [2.05, 4.69) is 11.7 Å². The molecule has 1 rings (SSSR count). The van der Waals surface area contributed by atoms with E-state index in [1.807, 2.05) is 30.3 Å². The minimum atomic E-state index is -0.309. The van der Waals surface area contributed by atoms with E-state index in [-0.39, 0.29) is 11.9 Å². The lowest BCUT2D eigenvalue weighted by Crippen LogP contribution is -1.95. The van der Waals surface area contributed by atoms with Gasteiger partial charge in [0.05, 0.1) is 6.61 Å². The lowest BCUT2D eigenvalue weighted by Gasteiger charge is -1.99. The predicted molar refractivity (Wildman–Crippen MR) is 49.0 cm³/mol. The molecular weight excluding hydrogens is 172 g/mol. The normalized spacial score (nSPS) is 9.42. The second-order valence-corrected chi connectivity index (χ2v) is 3.02. The van der Waals surface area contributed by atoms with Gasteiger partial charge in [0.1, 0.15) is 0 Å². The zero-order chi connectivity index (χ0) is 8.81. The number of carbonyl (C=O) groups is 1. The molecule has 0 aliphatic carbocycles. The van der Waals surface area contributed by atoms with Gasteiger partial charge < -0.3 is 4.74 Å². The van der Waals surface area contributed by atoms with Crippen LogP contribution in [0.2, 0.25) is 0 Å². The molecule has 0 bridgehead atoms. The molecule has 1 aromatic rings. The van der Waals surface area contributed by atoms with Crippen molar-refractivity contribution in [2.75, 3.05) is 6.61 Å². The fourth-order valence-electron chi connectivity index (χ4n) is 0.698. The van der Waals surface area contributed by atoms with Gasteiger partial charge in [-0.25, -0.2) is 4.79 Å². The summed E-state index contributed by atoms with van der Waals surface area (Å²) in [7, 11) is 0. The Kier molecular flexibility index (Phi) is 3.67. The molecule has 12 heavy (non-hydrogen) atoms. The first-order valence-electron chi connectivity index (χ1n) is 3.52. The molecular formula is C9H9O2S. The Balaban J connectivity index is 2.47. The van der Waals surface area contributed by atoms with Gasteiger partial charge in [-0.3, -0.25) is 0 Å². The van der Waals surface area contributed by atoms with E-state index in [9.17, 15) is 4.79 Å². The number of hydrogen-bond donors (Lipinski definition) is 0. The van der Waals surface area contributed by atoms with Crippen LogP contribution in [0, 0.1) is 6.92 Å². The van der Waals surface area contributed by atoms with Gasteiger partial charge in [0, 0.05) is 4.90 Å². The highest BCUT2D eigenvalue weighted by Gasteiger charge is 2.02. The van der Waals surface area contributed by atoms with E-state index < -0.39 is 0 Å². The molecule has 0 amide bonds. The number of benzene rings is 1. The van der Waals surface area contributed by atoms with E-state index in [0.29, 0.717) is 0 Å². The summed E-state index contributed by atoms with van der Waals surface area (Å²) in [5, 5.41) is -0.309. The lowest BCUT2D eigenvalue weighted by molar-refractivity contribution is 0.187. The van der Waals surface area contributed by atoms with Crippen LogP contribution in [0.4, 0.5) is 4.79 Å². The molecule has 0 spiro atoms. The number of hydrogen-bond acceptors (Lipinski definition) is 3. The molecule has 0 N–H and O–H groups in total. The Morgan fingerprint density at radius 1 is 1.42 bits per heavy atom. The number of ether oxygens (including phenoxy) is 1. The SMILES string of the molecule is [CH2]COC(=O)Sc1ccccc1. The molecule has 3 heteroatoms. The molecule has 0 heterocycles. The van der Waals surface area contributed by atoms with Crippen LogP contribution < -0.4 is 0 Å². The van der Waals surface area contributed by atoms with Crippen molar-refractivity contribution >= 4 is 17.1 Å². The molecule has 0 aromatic heterocycles. The molecule has 0 saturated carbocycles. The summed E-state index contributed by atoms with van der Waals surface area (Å²) >= 11 is 1.07. The van der Waals surface area contributed by atoms with Crippen LogP contribution in [0.25, 0.3) is 0 Å². The van der Waals surface area contributed by atoms with Gasteiger partial charge in [0.15, 0.2) is 0 Å². The van der Waals surface area contributed by atoms with E-state index in [1.54, 1.807) is 0 Å². The molecule has 2 nitrogen and oxygen atoms in total. The first-order valence-corrected chi connectivity index (χ1v) is 4.33. The zero-order valence-electron chi connectivity index (χ0n) is 6.53. The average molecular weight is 181 g/mol. The van der Waals surface area contributed by atoms with Crippen LogP contribution >= 0.6 is 11.8 Å². The molecule has 63 valence electrons. The number of rotatable bonds is 2. The highest BCUT2D eigenvalue weighted by atomic mass is 32.2. The van der Waals surface area contributed by atoms with Gasteiger partial charge in [-0.05, 0) is 30.8 Å². The summed E-state index contributed by atoms with van der Waals surface area (Å²) in [6.45, 7) is 3.59. The second-order valence-electron chi connectivity index (χ2n) is 2.01. The third-order valence-corrected chi connectivity index (χ3v) is 1.96. The third kappa shape index (κ3) is 2.96. The van der Waals surface area contributed by atoms with Crippen molar-refractivity contribution in [2.24, 2.45) is 0 Å². The summed E-state index contributed by atoms with van der Waals surface area (Å²) < 4.78 is 4.66. The van der Waals surface area contributed by atoms with E-state index in [0.717, 1.165) is 16.7 Å². The van der Waals surface area contributed by atoms with E-state index in [4.69, 9.17) is 0 Å². The Bertz CT molecular complexity index is 246. The Hall–Kier alpha value is -0.960. The van der Waals surface area contributed by atoms with Crippen molar-refractivity contribution in [1.82, 2.24) is 0 Å². The molecule has 0 aliphatic rings. The molecule has 0 saturated heterocycles. The van der Waals surface area contributed by atoms with Crippen molar-refractivity contribution in [3.8, 4) is 0 Å². The predicted octanol–water partition coefficient (Wildman–Crippen LogP) is 2.75. The maximum atomic E-state index is 10.9. The standard InChI is InChI=1S/C9H9O2S/c1-2-11-9(10)12-8-6-4-3-5-7-8/h3-7H,1-2H2. The summed E-state index contributed by atoms with van der Waals surface area (Å²) in [5.74, 6) is 0. The van der Waals surface area contributed by atoms with Crippen LogP contribution in [0.3, 0.4) is 0 Å². The van der Waals surface area contributed by atoms with Crippen LogP contribution in [-0.4, -0.2) is 11.9 Å². The zero-order valence-corrected chi connectivity index (χ0v) is 7.34. The van der Waals surface area contributed by atoms with Crippen molar-refractivity contribution in [2.45, 2.75) is 4.90 Å². The third-order valence-electron chi connectivity index (χ3n) is 1.16. The quantitative estimate of drug-likeness (QED) is 0.518. The summed E-state index contributed by atoms with van der Waals surface area (Å²) in [4.78, 5) is 11.8. The first-order chi connectivity index (χ1) is 5.83. The van der Waals surface area contributed by atoms with Gasteiger partial charge >= 0.3 is 5.30 Å². The maximum Gasteiger partial charge on any atom is 0.372 e. The first kappa shape index (κ1) is 9.13. The lowest BCUT2D eigenvalue weighted by atomic mass is 10.4. The minimum absolute atomic E-state index is 0.179. The molecule has 1 radical (unpaired) electrons. The van der Waals surface area contributed by atoms with Crippen LogP contribution in [-0.2, 0) is 4.74 Å². The summed E-state index contributed by atoms with van der Waals surface area (Å²) in [6.07, 6.45) is 0. The largest absolute Gasteiger partial charge is 0.457 e. The molecule has 0 unspecified atom stereocenters. The summed E-state index contributed by atoms with van der Waals surface area (Å²) in [5.41, 5.74) is 0. The Morgan fingerprint density at radius 2 is 2.08 bits per heavy atom.